The standard InChI is InChI=1S/C22H21FN4OS2/c1-14-3-8-17-18(11-14)30-22-20(17)21(25-13-26-22)29-12-19(28)27(10-2-9-24)16-6-4-15(23)5-7-16/h4-7,13-14H,2-3,8,10-12H2,1H3/t14-/m0/s1. The number of thiophene rings is 1. The predicted molar refractivity (Wildman–Crippen MR) is 118 cm³/mol. The number of hydrogen-bond acceptors (Lipinski definition) is 6. The fourth-order valence-corrected chi connectivity index (χ4v) is 6.06. The third-order valence-electron chi connectivity index (χ3n) is 5.28. The molecule has 154 valence electrons. The monoisotopic (exact) mass is 440 g/mol. The lowest BCUT2D eigenvalue weighted by molar-refractivity contribution is -0.116. The van der Waals surface area contributed by atoms with Gasteiger partial charge < -0.3 is 4.90 Å². The summed E-state index contributed by atoms with van der Waals surface area (Å²) in [7, 11) is 0. The zero-order valence-electron chi connectivity index (χ0n) is 16.6. The minimum atomic E-state index is -0.360. The lowest BCUT2D eigenvalue weighted by Crippen LogP contribution is -2.33. The molecular formula is C22H21FN4OS2. The highest BCUT2D eigenvalue weighted by Gasteiger charge is 2.24. The van der Waals surface area contributed by atoms with Crippen molar-refractivity contribution in [2.45, 2.75) is 37.6 Å². The SMILES string of the molecule is C[C@H]1CCc2c(sc3ncnc(SCC(=O)N(CCC#N)c4ccc(F)cc4)c23)C1. The molecule has 4 rings (SSSR count). The summed E-state index contributed by atoms with van der Waals surface area (Å²) in [6.07, 6.45) is 5.03. The summed E-state index contributed by atoms with van der Waals surface area (Å²) in [4.78, 5) is 25.8. The molecule has 0 aliphatic heterocycles. The quantitative estimate of drug-likeness (QED) is 0.399. The maximum atomic E-state index is 13.3. The molecule has 1 aromatic carbocycles. The van der Waals surface area contributed by atoms with Crippen LogP contribution in [-0.2, 0) is 17.6 Å². The Bertz CT molecular complexity index is 1110. The first-order chi connectivity index (χ1) is 14.6. The number of thioether (sulfide) groups is 1. The molecule has 0 bridgehead atoms. The summed E-state index contributed by atoms with van der Waals surface area (Å²) in [6.45, 7) is 2.55. The summed E-state index contributed by atoms with van der Waals surface area (Å²) in [5, 5.41) is 10.9. The van der Waals surface area contributed by atoms with Gasteiger partial charge in [0.2, 0.25) is 5.91 Å². The van der Waals surface area contributed by atoms with Crippen LogP contribution in [0.3, 0.4) is 0 Å². The normalized spacial score (nSPS) is 15.6. The Morgan fingerprint density at radius 2 is 2.17 bits per heavy atom. The molecule has 0 radical (unpaired) electrons. The third-order valence-corrected chi connectivity index (χ3v) is 7.41. The molecule has 0 saturated carbocycles. The van der Waals surface area contributed by atoms with Gasteiger partial charge in [-0.15, -0.1) is 11.3 Å². The number of halogens is 1. The van der Waals surface area contributed by atoms with E-state index in [-0.39, 0.29) is 30.4 Å². The molecule has 2 heterocycles. The van der Waals surface area contributed by atoms with E-state index < -0.39 is 0 Å². The number of aromatic nitrogens is 2. The molecule has 0 unspecified atom stereocenters. The number of anilines is 1. The second kappa shape index (κ2) is 9.11. The third kappa shape index (κ3) is 4.32. The number of hydrogen-bond donors (Lipinski definition) is 0. The molecule has 1 atom stereocenters. The van der Waals surface area contributed by atoms with Crippen molar-refractivity contribution in [2.75, 3.05) is 17.2 Å². The van der Waals surface area contributed by atoms with Crippen molar-refractivity contribution in [1.29, 1.82) is 5.26 Å². The van der Waals surface area contributed by atoms with Crippen LogP contribution in [0.25, 0.3) is 10.2 Å². The minimum Gasteiger partial charge on any atom is -0.311 e. The van der Waals surface area contributed by atoms with E-state index in [4.69, 9.17) is 5.26 Å². The topological polar surface area (TPSA) is 69.9 Å². The molecule has 0 saturated heterocycles. The van der Waals surface area contributed by atoms with E-state index in [1.807, 2.05) is 0 Å². The van der Waals surface area contributed by atoms with Crippen LogP contribution >= 0.6 is 23.1 Å². The summed E-state index contributed by atoms with van der Waals surface area (Å²) >= 11 is 3.14. The number of nitriles is 1. The first-order valence-corrected chi connectivity index (χ1v) is 11.7. The molecular weight excluding hydrogens is 419 g/mol. The molecule has 5 nitrogen and oxygen atoms in total. The molecule has 30 heavy (non-hydrogen) atoms. The Balaban J connectivity index is 1.55. The number of aryl methyl sites for hydroxylation is 1. The average Bonchev–Trinajstić information content (AvgIpc) is 3.11. The summed E-state index contributed by atoms with van der Waals surface area (Å²) in [5.74, 6) is 0.378. The van der Waals surface area contributed by atoms with Crippen LogP contribution in [0, 0.1) is 23.1 Å². The van der Waals surface area contributed by atoms with Gasteiger partial charge in [0.15, 0.2) is 0 Å². The largest absolute Gasteiger partial charge is 0.311 e. The molecule has 0 spiro atoms. The Labute approximate surface area is 182 Å². The number of amides is 1. The van der Waals surface area contributed by atoms with E-state index in [2.05, 4.69) is 23.0 Å². The van der Waals surface area contributed by atoms with Crippen LogP contribution in [0.5, 0.6) is 0 Å². The van der Waals surface area contributed by atoms with Gasteiger partial charge in [-0.2, -0.15) is 5.26 Å². The Morgan fingerprint density at radius 3 is 2.93 bits per heavy atom. The van der Waals surface area contributed by atoms with Gasteiger partial charge in [-0.05, 0) is 55.0 Å². The molecule has 2 aromatic heterocycles. The number of benzene rings is 1. The maximum Gasteiger partial charge on any atom is 0.237 e. The second-order valence-electron chi connectivity index (χ2n) is 7.43. The van der Waals surface area contributed by atoms with Crippen LogP contribution in [0.4, 0.5) is 10.1 Å². The zero-order chi connectivity index (χ0) is 21.1. The smallest absolute Gasteiger partial charge is 0.237 e. The van der Waals surface area contributed by atoms with E-state index in [0.717, 1.165) is 34.5 Å². The first-order valence-electron chi connectivity index (χ1n) is 9.87. The molecule has 1 amide bonds. The van der Waals surface area contributed by atoms with Crippen molar-refractivity contribution >= 4 is 44.9 Å². The number of carbonyl (C=O) groups excluding carboxylic acids is 1. The van der Waals surface area contributed by atoms with Crippen molar-refractivity contribution in [3.63, 3.8) is 0 Å². The van der Waals surface area contributed by atoms with Crippen molar-refractivity contribution in [2.24, 2.45) is 5.92 Å². The summed E-state index contributed by atoms with van der Waals surface area (Å²) in [5.41, 5.74) is 1.93. The Morgan fingerprint density at radius 1 is 1.37 bits per heavy atom. The van der Waals surface area contributed by atoms with Gasteiger partial charge in [-0.1, -0.05) is 18.7 Å². The van der Waals surface area contributed by atoms with Crippen molar-refractivity contribution in [3.8, 4) is 6.07 Å². The molecule has 8 heteroatoms. The zero-order valence-corrected chi connectivity index (χ0v) is 18.2. The Kier molecular flexibility index (Phi) is 6.30. The van der Waals surface area contributed by atoms with Crippen LogP contribution in [0.15, 0.2) is 35.6 Å². The highest BCUT2D eigenvalue weighted by atomic mass is 32.2. The first kappa shape index (κ1) is 20.8. The van der Waals surface area contributed by atoms with Gasteiger partial charge in [-0.25, -0.2) is 14.4 Å². The van der Waals surface area contributed by atoms with E-state index in [0.29, 0.717) is 11.6 Å². The predicted octanol–water partition coefficient (Wildman–Crippen LogP) is 4.99. The lowest BCUT2D eigenvalue weighted by atomic mass is 9.89. The molecule has 1 aliphatic carbocycles. The van der Waals surface area contributed by atoms with Crippen molar-refractivity contribution in [1.82, 2.24) is 9.97 Å². The van der Waals surface area contributed by atoms with Gasteiger partial charge >= 0.3 is 0 Å². The van der Waals surface area contributed by atoms with E-state index in [1.165, 1.54) is 34.3 Å². The van der Waals surface area contributed by atoms with Crippen molar-refractivity contribution in [3.05, 3.63) is 46.9 Å². The molecule has 1 aliphatic rings. The van der Waals surface area contributed by atoms with Crippen LogP contribution in [-0.4, -0.2) is 28.2 Å². The van der Waals surface area contributed by atoms with Gasteiger partial charge in [-0.3, -0.25) is 4.79 Å². The fraction of sp³-hybridized carbons (Fsp3) is 0.364. The summed E-state index contributed by atoms with van der Waals surface area (Å²) in [6, 6.07) is 7.84. The van der Waals surface area contributed by atoms with Gasteiger partial charge in [0, 0.05) is 22.5 Å². The number of fused-ring (bicyclic) bond motifs is 3. The molecule has 0 fully saturated rings. The van der Waals surface area contributed by atoms with Crippen LogP contribution in [0.1, 0.15) is 30.2 Å². The highest BCUT2D eigenvalue weighted by molar-refractivity contribution is 8.00. The van der Waals surface area contributed by atoms with Gasteiger partial charge in [0.1, 0.15) is 22.0 Å². The van der Waals surface area contributed by atoms with Gasteiger partial charge in [0.25, 0.3) is 0 Å². The fourth-order valence-electron chi connectivity index (χ4n) is 3.74. The summed E-state index contributed by atoms with van der Waals surface area (Å²) < 4.78 is 13.3. The number of nitrogens with zero attached hydrogens (tertiary/aromatic N) is 4. The molecule has 3 aromatic rings. The number of rotatable bonds is 6. The average molecular weight is 441 g/mol. The molecule has 0 N–H and O–H groups in total. The van der Waals surface area contributed by atoms with E-state index >= 15 is 0 Å². The van der Waals surface area contributed by atoms with E-state index in [1.54, 1.807) is 34.7 Å². The van der Waals surface area contributed by atoms with Gasteiger partial charge in [0.05, 0.1) is 18.2 Å². The second-order valence-corrected chi connectivity index (χ2v) is 9.48. The highest BCUT2D eigenvalue weighted by Crippen LogP contribution is 2.40. The maximum absolute atomic E-state index is 13.3. The van der Waals surface area contributed by atoms with Crippen LogP contribution < -0.4 is 4.90 Å². The number of carbonyl (C=O) groups is 1. The van der Waals surface area contributed by atoms with Crippen molar-refractivity contribution < 1.29 is 9.18 Å². The Hall–Kier alpha value is -2.50. The lowest BCUT2D eigenvalue weighted by Gasteiger charge is -2.22. The van der Waals surface area contributed by atoms with E-state index in [9.17, 15) is 9.18 Å². The minimum absolute atomic E-state index is 0.133. The van der Waals surface area contributed by atoms with Crippen LogP contribution in [0.2, 0.25) is 0 Å².